The molecule has 290 valence electrons. The Morgan fingerprint density at radius 1 is 0.620 bits per heavy atom. The molecule has 0 radical (unpaired) electrons. The van der Waals surface area contributed by atoms with Crippen molar-refractivity contribution >= 4 is 19.7 Å². The monoisotopic (exact) mass is 725 g/mol. The van der Waals surface area contributed by atoms with Gasteiger partial charge in [0.15, 0.2) is 0 Å². The molecule has 0 spiro atoms. The maximum atomic E-state index is 12.0. The number of hydrogen-bond acceptors (Lipinski definition) is 7. The molecule has 0 fully saturated rings. The van der Waals surface area contributed by atoms with Gasteiger partial charge in [-0.15, -0.1) is 0 Å². The first kappa shape index (κ1) is 48.0. The summed E-state index contributed by atoms with van der Waals surface area (Å²) in [6.45, 7) is 3.44. The second kappa shape index (κ2) is 36.8. The highest BCUT2D eigenvalue weighted by Crippen LogP contribution is 2.42. The molecule has 0 rings (SSSR count). The zero-order valence-corrected chi connectivity index (χ0v) is 32.5. The number of carbonyl (C=O) groups is 2. The van der Waals surface area contributed by atoms with E-state index in [0.717, 1.165) is 77.0 Å². The van der Waals surface area contributed by atoms with Gasteiger partial charge in [0.1, 0.15) is 12.7 Å². The number of nitrogens with one attached hydrogen (secondary N) is 1. The number of ether oxygens (including phenoxy) is 1. The number of aliphatic hydroxyl groups excluding tert-OH is 1. The van der Waals surface area contributed by atoms with Crippen molar-refractivity contribution in [2.24, 2.45) is 0 Å². The van der Waals surface area contributed by atoms with Gasteiger partial charge < -0.3 is 20.1 Å². The van der Waals surface area contributed by atoms with Gasteiger partial charge in [-0.05, 0) is 57.8 Å². The maximum Gasteiger partial charge on any atom is 0.472 e. The maximum absolute atomic E-state index is 12.0. The summed E-state index contributed by atoms with van der Waals surface area (Å²) in [6.07, 6.45) is 40.5. The quantitative estimate of drug-likeness (QED) is 0.0252. The van der Waals surface area contributed by atoms with Crippen LogP contribution in [0.3, 0.4) is 0 Å². The van der Waals surface area contributed by atoms with Crippen LogP contribution in [0.15, 0.2) is 48.6 Å². The molecular formula is C40H72NO8P. The van der Waals surface area contributed by atoms with Gasteiger partial charge in [-0.2, -0.15) is 0 Å². The van der Waals surface area contributed by atoms with E-state index in [0.29, 0.717) is 6.42 Å². The summed E-state index contributed by atoms with van der Waals surface area (Å²) < 4.78 is 26.7. The van der Waals surface area contributed by atoms with Crippen molar-refractivity contribution < 1.29 is 37.9 Å². The SMILES string of the molecule is CCCCC/C=C\C/C=C\C/C=C\C/C=C\CCCCCCCC(=O)NCCOP(=O)(O)OCC(O)COC(=O)CCCCCCCCCC. The predicted molar refractivity (Wildman–Crippen MR) is 206 cm³/mol. The Bertz CT molecular complexity index is 965. The Morgan fingerprint density at radius 3 is 1.66 bits per heavy atom. The molecule has 0 aromatic carbocycles. The molecule has 1 amide bonds. The molecule has 3 N–H and O–H groups in total. The average molecular weight is 726 g/mol. The summed E-state index contributed by atoms with van der Waals surface area (Å²) in [5.41, 5.74) is 0. The highest BCUT2D eigenvalue weighted by molar-refractivity contribution is 7.47. The fraction of sp³-hybridized carbons (Fsp3) is 0.750. The number of rotatable bonds is 36. The fourth-order valence-electron chi connectivity index (χ4n) is 5.01. The molecule has 2 unspecified atom stereocenters. The molecule has 2 atom stereocenters. The van der Waals surface area contributed by atoms with E-state index in [-0.39, 0.29) is 32.1 Å². The Hall–Kier alpha value is -2.03. The van der Waals surface area contributed by atoms with Gasteiger partial charge in [-0.3, -0.25) is 18.6 Å². The van der Waals surface area contributed by atoms with Gasteiger partial charge in [0.25, 0.3) is 0 Å². The topological polar surface area (TPSA) is 131 Å². The zero-order valence-electron chi connectivity index (χ0n) is 31.6. The lowest BCUT2D eigenvalue weighted by atomic mass is 10.1. The third kappa shape index (κ3) is 37.2. The Morgan fingerprint density at radius 2 is 1.08 bits per heavy atom. The number of phosphoric ester groups is 1. The van der Waals surface area contributed by atoms with Gasteiger partial charge in [-0.1, -0.05) is 140 Å². The second-order valence-electron chi connectivity index (χ2n) is 12.9. The predicted octanol–water partition coefficient (Wildman–Crippen LogP) is 10.4. The summed E-state index contributed by atoms with van der Waals surface area (Å²) >= 11 is 0. The molecule has 9 nitrogen and oxygen atoms in total. The highest BCUT2D eigenvalue weighted by atomic mass is 31.2. The molecular weight excluding hydrogens is 653 g/mol. The number of amides is 1. The minimum absolute atomic E-state index is 0.0702. The van der Waals surface area contributed by atoms with E-state index in [2.05, 4.69) is 67.8 Å². The smallest absolute Gasteiger partial charge is 0.463 e. The van der Waals surface area contributed by atoms with Crippen molar-refractivity contribution in [1.29, 1.82) is 0 Å². The van der Waals surface area contributed by atoms with Crippen LogP contribution in [0, 0.1) is 0 Å². The highest BCUT2D eigenvalue weighted by Gasteiger charge is 2.23. The second-order valence-corrected chi connectivity index (χ2v) is 14.4. The Balaban J connectivity index is 3.65. The first-order valence-electron chi connectivity index (χ1n) is 19.6. The van der Waals surface area contributed by atoms with Crippen LogP contribution in [-0.4, -0.2) is 54.3 Å². The lowest BCUT2D eigenvalue weighted by molar-refractivity contribution is -0.147. The molecule has 0 bridgehead atoms. The van der Waals surface area contributed by atoms with Gasteiger partial charge in [0.2, 0.25) is 5.91 Å². The van der Waals surface area contributed by atoms with Crippen molar-refractivity contribution in [3.05, 3.63) is 48.6 Å². The third-order valence-electron chi connectivity index (χ3n) is 8.01. The molecule has 10 heteroatoms. The largest absolute Gasteiger partial charge is 0.472 e. The Kier molecular flexibility index (Phi) is 35.3. The molecule has 0 saturated heterocycles. The summed E-state index contributed by atoms with van der Waals surface area (Å²) in [7, 11) is -4.41. The summed E-state index contributed by atoms with van der Waals surface area (Å²) in [4.78, 5) is 33.7. The standard InChI is InChI=1S/C40H72NO8P/c1-3-5-7-9-11-13-14-15-16-17-18-19-20-21-22-23-24-25-26-28-30-32-39(43)41-34-35-48-50(45,46)49-37-38(42)36-47-40(44)33-31-29-27-12-10-8-6-4-2/h11,13,15-16,18-19,21-22,38,42H,3-10,12,14,17,20,23-37H2,1-2H3,(H,41,43)(H,45,46)/b13-11-,16-15-,19-18-,22-21-. The molecule has 0 aliphatic carbocycles. The zero-order chi connectivity index (χ0) is 36.8. The van der Waals surface area contributed by atoms with Crippen molar-refractivity contribution in [3.8, 4) is 0 Å². The third-order valence-corrected chi connectivity index (χ3v) is 9.00. The number of unbranched alkanes of at least 4 members (excludes halogenated alkanes) is 15. The normalized spacial score (nSPS) is 13.9. The molecule has 0 aliphatic heterocycles. The van der Waals surface area contributed by atoms with Crippen molar-refractivity contribution in [3.63, 3.8) is 0 Å². The van der Waals surface area contributed by atoms with Crippen LogP contribution in [0.4, 0.5) is 0 Å². The van der Waals surface area contributed by atoms with E-state index in [1.165, 1.54) is 57.8 Å². The van der Waals surface area contributed by atoms with Crippen molar-refractivity contribution in [2.75, 3.05) is 26.4 Å². The van der Waals surface area contributed by atoms with E-state index in [1.807, 2.05) is 0 Å². The van der Waals surface area contributed by atoms with Crippen LogP contribution in [0.2, 0.25) is 0 Å². The van der Waals surface area contributed by atoms with Crippen LogP contribution >= 0.6 is 7.82 Å². The molecule has 0 heterocycles. The average Bonchev–Trinajstić information content (AvgIpc) is 3.10. The minimum Gasteiger partial charge on any atom is -0.463 e. The lowest BCUT2D eigenvalue weighted by Crippen LogP contribution is -2.27. The number of aliphatic hydroxyl groups is 1. The Labute approximate surface area is 305 Å². The van der Waals surface area contributed by atoms with E-state index in [4.69, 9.17) is 13.8 Å². The van der Waals surface area contributed by atoms with E-state index >= 15 is 0 Å². The summed E-state index contributed by atoms with van der Waals surface area (Å²) in [5, 5.41) is 12.6. The first-order chi connectivity index (χ1) is 24.3. The van der Waals surface area contributed by atoms with E-state index in [1.54, 1.807) is 0 Å². The van der Waals surface area contributed by atoms with Crippen LogP contribution in [0.25, 0.3) is 0 Å². The lowest BCUT2D eigenvalue weighted by Gasteiger charge is -2.15. The van der Waals surface area contributed by atoms with Crippen molar-refractivity contribution in [2.45, 2.75) is 168 Å². The summed E-state index contributed by atoms with van der Waals surface area (Å²) in [6, 6.07) is 0. The number of allylic oxidation sites excluding steroid dienone is 8. The fourth-order valence-corrected chi connectivity index (χ4v) is 5.77. The number of hydrogen-bond donors (Lipinski definition) is 3. The van der Waals surface area contributed by atoms with Crippen molar-refractivity contribution in [1.82, 2.24) is 5.32 Å². The van der Waals surface area contributed by atoms with E-state index < -0.39 is 26.5 Å². The molecule has 0 aromatic rings. The number of esters is 1. The van der Waals surface area contributed by atoms with Crippen LogP contribution in [0.1, 0.15) is 162 Å². The minimum atomic E-state index is -4.41. The molecule has 0 aliphatic rings. The van der Waals surface area contributed by atoms with Gasteiger partial charge >= 0.3 is 13.8 Å². The van der Waals surface area contributed by atoms with Gasteiger partial charge in [-0.25, -0.2) is 4.57 Å². The van der Waals surface area contributed by atoms with Gasteiger partial charge in [0.05, 0.1) is 13.2 Å². The molecule has 0 saturated carbocycles. The van der Waals surface area contributed by atoms with E-state index in [9.17, 15) is 24.2 Å². The van der Waals surface area contributed by atoms with Crippen LogP contribution in [-0.2, 0) is 27.9 Å². The molecule has 50 heavy (non-hydrogen) atoms. The van der Waals surface area contributed by atoms with Crippen LogP contribution in [0.5, 0.6) is 0 Å². The number of carbonyl (C=O) groups excluding carboxylic acids is 2. The van der Waals surface area contributed by atoms with Gasteiger partial charge in [0, 0.05) is 19.4 Å². The number of phosphoric acid groups is 1. The summed E-state index contributed by atoms with van der Waals surface area (Å²) in [5.74, 6) is -0.542. The van der Waals surface area contributed by atoms with Crippen LogP contribution < -0.4 is 5.32 Å². The first-order valence-corrected chi connectivity index (χ1v) is 21.1. The molecule has 0 aromatic heterocycles.